The highest BCUT2D eigenvalue weighted by atomic mass is 16.2. The quantitative estimate of drug-likeness (QED) is 0.628. The van der Waals surface area contributed by atoms with Crippen molar-refractivity contribution in [3.8, 4) is 0 Å². The fourth-order valence-corrected chi connectivity index (χ4v) is 5.05. The average Bonchev–Trinajstić information content (AvgIpc) is 3.06. The molecule has 0 saturated carbocycles. The van der Waals surface area contributed by atoms with E-state index in [4.69, 9.17) is 0 Å². The molecule has 1 fully saturated rings. The molecule has 5 rings (SSSR count). The van der Waals surface area contributed by atoms with Crippen molar-refractivity contribution in [2.75, 3.05) is 32.7 Å². The summed E-state index contributed by atoms with van der Waals surface area (Å²) in [6, 6.07) is 6.79. The Hall–Kier alpha value is -2.70. The Morgan fingerprint density at radius 1 is 1.21 bits per heavy atom. The third kappa shape index (κ3) is 2.89. The van der Waals surface area contributed by atoms with Gasteiger partial charge in [0, 0.05) is 48.7 Å². The van der Waals surface area contributed by atoms with Gasteiger partial charge in [0.15, 0.2) is 0 Å². The fraction of sp³-hybridized carbons (Fsp3) is 0.364. The number of carbonyl (C=O) groups is 2. The predicted molar refractivity (Wildman–Crippen MR) is 109 cm³/mol. The second-order valence-corrected chi connectivity index (χ2v) is 8.03. The second-order valence-electron chi connectivity index (χ2n) is 8.03. The molecule has 1 saturated heterocycles. The second kappa shape index (κ2) is 6.72. The standard InChI is InChI=1S/C22H24N4O2/c1-2-6-26-11-14(10-25-12-20(27)24-21(28)13-25)7-17-16-4-3-5-18-22(16)15(9-23-18)8-19(17)26/h2-5,7,9,14,19,23H,1,6,8,10-13H2,(H,24,27,28)/t14?,19-/m1/s1. The first-order valence-electron chi connectivity index (χ1n) is 9.83. The van der Waals surface area contributed by atoms with Crippen molar-refractivity contribution in [1.82, 2.24) is 20.1 Å². The molecule has 2 atom stereocenters. The van der Waals surface area contributed by atoms with Crippen molar-refractivity contribution in [2.45, 2.75) is 12.5 Å². The lowest BCUT2D eigenvalue weighted by Gasteiger charge is -2.42. The van der Waals surface area contributed by atoms with Crippen LogP contribution in [0.1, 0.15) is 11.1 Å². The van der Waals surface area contributed by atoms with E-state index in [9.17, 15) is 9.59 Å². The van der Waals surface area contributed by atoms with Crippen LogP contribution in [0, 0.1) is 5.92 Å². The van der Waals surface area contributed by atoms with Gasteiger partial charge in [-0.25, -0.2) is 0 Å². The van der Waals surface area contributed by atoms with E-state index in [1.807, 2.05) is 11.0 Å². The Morgan fingerprint density at radius 3 is 2.82 bits per heavy atom. The Balaban J connectivity index is 1.50. The van der Waals surface area contributed by atoms with Crippen molar-refractivity contribution in [3.63, 3.8) is 0 Å². The number of nitrogens with one attached hydrogen (secondary N) is 2. The largest absolute Gasteiger partial charge is 0.361 e. The molecule has 3 aliphatic rings. The SMILES string of the molecule is C=CCN1CC(CN2CC(=O)NC(=O)C2)C=C2c3cccc4[nH]cc(c34)C[C@H]21. The zero-order chi connectivity index (χ0) is 19.3. The van der Waals surface area contributed by atoms with Crippen LogP contribution in [0.25, 0.3) is 16.5 Å². The number of piperazine rings is 1. The van der Waals surface area contributed by atoms with E-state index in [2.05, 4.69) is 52.3 Å². The first kappa shape index (κ1) is 17.4. The normalized spacial score (nSPS) is 25.4. The molecule has 1 unspecified atom stereocenters. The maximum Gasteiger partial charge on any atom is 0.240 e. The lowest BCUT2D eigenvalue weighted by atomic mass is 9.79. The predicted octanol–water partition coefficient (Wildman–Crippen LogP) is 1.55. The van der Waals surface area contributed by atoms with E-state index in [-0.39, 0.29) is 30.8 Å². The summed E-state index contributed by atoms with van der Waals surface area (Å²) in [4.78, 5) is 31.3. The van der Waals surface area contributed by atoms with Crippen LogP contribution in [-0.2, 0) is 16.0 Å². The van der Waals surface area contributed by atoms with E-state index in [0.717, 1.165) is 19.5 Å². The zero-order valence-electron chi connectivity index (χ0n) is 15.8. The number of hydrogen-bond donors (Lipinski definition) is 2. The van der Waals surface area contributed by atoms with E-state index in [0.29, 0.717) is 12.6 Å². The molecule has 1 aromatic carbocycles. The number of rotatable bonds is 4. The minimum atomic E-state index is -0.208. The number of hydrogen-bond acceptors (Lipinski definition) is 4. The van der Waals surface area contributed by atoms with Gasteiger partial charge in [0.05, 0.1) is 13.1 Å². The maximum absolute atomic E-state index is 11.7. The summed E-state index contributed by atoms with van der Waals surface area (Å²) in [6.45, 7) is 6.96. The molecule has 2 amide bonds. The van der Waals surface area contributed by atoms with Gasteiger partial charge < -0.3 is 4.98 Å². The van der Waals surface area contributed by atoms with Gasteiger partial charge in [-0.2, -0.15) is 0 Å². The van der Waals surface area contributed by atoms with Crippen LogP contribution in [0.15, 0.2) is 43.1 Å². The van der Waals surface area contributed by atoms with E-state index >= 15 is 0 Å². The molecule has 0 spiro atoms. The number of nitrogens with zero attached hydrogens (tertiary/aromatic N) is 2. The number of fused-ring (bicyclic) bond motifs is 2. The first-order valence-corrected chi connectivity index (χ1v) is 9.83. The minimum Gasteiger partial charge on any atom is -0.361 e. The molecule has 2 N–H and O–H groups in total. The molecule has 28 heavy (non-hydrogen) atoms. The summed E-state index contributed by atoms with van der Waals surface area (Å²) in [5.41, 5.74) is 5.22. The molecule has 1 aromatic heterocycles. The molecule has 0 bridgehead atoms. The molecule has 3 heterocycles. The first-order chi connectivity index (χ1) is 13.6. The average molecular weight is 376 g/mol. The van der Waals surface area contributed by atoms with E-state index < -0.39 is 0 Å². The summed E-state index contributed by atoms with van der Waals surface area (Å²) >= 11 is 0. The number of aromatic nitrogens is 1. The fourth-order valence-electron chi connectivity index (χ4n) is 5.05. The Bertz CT molecular complexity index is 989. The maximum atomic E-state index is 11.7. The lowest BCUT2D eigenvalue weighted by molar-refractivity contribution is -0.136. The molecule has 1 aliphatic carbocycles. The topological polar surface area (TPSA) is 68.4 Å². The van der Waals surface area contributed by atoms with Crippen molar-refractivity contribution < 1.29 is 9.59 Å². The van der Waals surface area contributed by atoms with Gasteiger partial charge in [-0.05, 0) is 29.2 Å². The summed E-state index contributed by atoms with van der Waals surface area (Å²) < 4.78 is 0. The number of H-pyrrole nitrogens is 1. The van der Waals surface area contributed by atoms with Crippen LogP contribution in [0.5, 0.6) is 0 Å². The van der Waals surface area contributed by atoms with Gasteiger partial charge in [0.25, 0.3) is 0 Å². The summed E-state index contributed by atoms with van der Waals surface area (Å²) in [7, 11) is 0. The molecule has 144 valence electrons. The Kier molecular flexibility index (Phi) is 4.18. The third-order valence-electron chi connectivity index (χ3n) is 6.07. The Morgan fingerprint density at radius 2 is 2.04 bits per heavy atom. The molecule has 2 aromatic rings. The van der Waals surface area contributed by atoms with Crippen LogP contribution in [0.2, 0.25) is 0 Å². The molecule has 2 aliphatic heterocycles. The van der Waals surface area contributed by atoms with Crippen LogP contribution >= 0.6 is 0 Å². The molecule has 0 radical (unpaired) electrons. The third-order valence-corrected chi connectivity index (χ3v) is 6.07. The number of carbonyl (C=O) groups excluding carboxylic acids is 2. The number of imide groups is 1. The number of amides is 2. The van der Waals surface area contributed by atoms with Crippen LogP contribution in [0.3, 0.4) is 0 Å². The van der Waals surface area contributed by atoms with E-state index in [1.165, 1.54) is 27.6 Å². The highest BCUT2D eigenvalue weighted by Crippen LogP contribution is 2.41. The van der Waals surface area contributed by atoms with Crippen LogP contribution < -0.4 is 5.32 Å². The lowest BCUT2D eigenvalue weighted by Crippen LogP contribution is -2.54. The number of aromatic amines is 1. The van der Waals surface area contributed by atoms with Crippen LogP contribution in [0.4, 0.5) is 0 Å². The molecule has 6 heteroatoms. The zero-order valence-corrected chi connectivity index (χ0v) is 15.8. The van der Waals surface area contributed by atoms with Gasteiger partial charge in [-0.3, -0.25) is 24.7 Å². The van der Waals surface area contributed by atoms with Gasteiger partial charge in [-0.15, -0.1) is 6.58 Å². The van der Waals surface area contributed by atoms with Gasteiger partial charge >= 0.3 is 0 Å². The van der Waals surface area contributed by atoms with Gasteiger partial charge in [-0.1, -0.05) is 24.3 Å². The van der Waals surface area contributed by atoms with Gasteiger partial charge in [0.2, 0.25) is 11.8 Å². The van der Waals surface area contributed by atoms with Crippen molar-refractivity contribution in [3.05, 3.63) is 54.3 Å². The van der Waals surface area contributed by atoms with Crippen molar-refractivity contribution in [2.24, 2.45) is 5.92 Å². The van der Waals surface area contributed by atoms with Gasteiger partial charge in [0.1, 0.15) is 0 Å². The Labute approximate surface area is 163 Å². The number of benzene rings is 1. The highest BCUT2D eigenvalue weighted by Gasteiger charge is 2.36. The van der Waals surface area contributed by atoms with Crippen molar-refractivity contribution >= 4 is 28.3 Å². The molecular formula is C22H24N4O2. The molecule has 6 nitrogen and oxygen atoms in total. The van der Waals surface area contributed by atoms with Crippen molar-refractivity contribution in [1.29, 1.82) is 0 Å². The summed E-state index contributed by atoms with van der Waals surface area (Å²) in [5.74, 6) is -0.152. The summed E-state index contributed by atoms with van der Waals surface area (Å²) in [6.07, 6.45) is 7.48. The van der Waals surface area contributed by atoms with Crippen LogP contribution in [-0.4, -0.2) is 65.4 Å². The van der Waals surface area contributed by atoms with E-state index in [1.54, 1.807) is 0 Å². The monoisotopic (exact) mass is 376 g/mol. The minimum absolute atomic E-state index is 0.208. The highest BCUT2D eigenvalue weighted by molar-refractivity contribution is 5.99. The summed E-state index contributed by atoms with van der Waals surface area (Å²) in [5, 5.41) is 3.71. The molecular weight excluding hydrogens is 352 g/mol. The smallest absolute Gasteiger partial charge is 0.240 e.